The van der Waals surface area contributed by atoms with Crippen LogP contribution in [0.15, 0.2) is 41.3 Å². The lowest BCUT2D eigenvalue weighted by Gasteiger charge is -2.16. The van der Waals surface area contributed by atoms with E-state index in [-0.39, 0.29) is 11.5 Å². The minimum Gasteiger partial charge on any atom is -0.345 e. The Morgan fingerprint density at radius 3 is 2.72 bits per heavy atom. The Hall–Kier alpha value is -2.62. The molecule has 4 nitrogen and oxygen atoms in total. The largest absolute Gasteiger partial charge is 0.345 e. The second kappa shape index (κ2) is 6.71. The van der Waals surface area contributed by atoms with Gasteiger partial charge in [0.2, 0.25) is 0 Å². The highest BCUT2D eigenvalue weighted by Gasteiger charge is 2.19. The lowest BCUT2D eigenvalue weighted by Crippen LogP contribution is -2.26. The van der Waals surface area contributed by atoms with E-state index in [0.717, 1.165) is 22.3 Å². The molecule has 1 aliphatic rings. The van der Waals surface area contributed by atoms with Crippen LogP contribution in [0.2, 0.25) is 0 Å². The average Bonchev–Trinajstić information content (AvgIpc) is 3.06. The molecule has 1 aromatic carbocycles. The monoisotopic (exact) mass is 336 g/mol. The van der Waals surface area contributed by atoms with E-state index in [1.165, 1.54) is 0 Å². The highest BCUT2D eigenvalue weighted by molar-refractivity contribution is 5.95. The van der Waals surface area contributed by atoms with Gasteiger partial charge in [0, 0.05) is 43.5 Å². The number of amides is 1. The molecule has 0 saturated carbocycles. The summed E-state index contributed by atoms with van der Waals surface area (Å²) in [5.74, 6) is 0.365. The summed E-state index contributed by atoms with van der Waals surface area (Å²) < 4.78 is 1.81. The van der Waals surface area contributed by atoms with Crippen LogP contribution in [0.5, 0.6) is 0 Å². The number of benzene rings is 1. The van der Waals surface area contributed by atoms with Gasteiger partial charge in [-0.15, -0.1) is 0 Å². The minimum absolute atomic E-state index is 0.0236. The summed E-state index contributed by atoms with van der Waals surface area (Å²) in [7, 11) is 3.50. The van der Waals surface area contributed by atoms with E-state index in [1.54, 1.807) is 19.0 Å². The van der Waals surface area contributed by atoms with E-state index in [4.69, 9.17) is 0 Å². The number of allylic oxidation sites excluding steroid dienone is 1. The fourth-order valence-corrected chi connectivity index (χ4v) is 3.25. The SMILES string of the molecule is CC(C)Cn1cc(-c2cccc(C(=O)N(C)C)c2)c2c(c1=O)CC=C2. The maximum Gasteiger partial charge on any atom is 0.254 e. The zero-order valence-corrected chi connectivity index (χ0v) is 15.2. The highest BCUT2D eigenvalue weighted by Crippen LogP contribution is 2.30. The van der Waals surface area contributed by atoms with Crippen molar-refractivity contribution in [2.75, 3.05) is 14.1 Å². The van der Waals surface area contributed by atoms with Gasteiger partial charge < -0.3 is 9.47 Å². The van der Waals surface area contributed by atoms with Crippen LogP contribution in [-0.2, 0) is 13.0 Å². The van der Waals surface area contributed by atoms with Gasteiger partial charge in [0.1, 0.15) is 0 Å². The van der Waals surface area contributed by atoms with Crippen molar-refractivity contribution in [3.05, 3.63) is 63.6 Å². The molecule has 130 valence electrons. The number of hydrogen-bond acceptors (Lipinski definition) is 2. The Labute approximate surface area is 148 Å². The Morgan fingerprint density at radius 2 is 2.04 bits per heavy atom. The molecule has 0 unspecified atom stereocenters. The zero-order valence-electron chi connectivity index (χ0n) is 15.2. The topological polar surface area (TPSA) is 42.3 Å². The van der Waals surface area contributed by atoms with Crippen molar-refractivity contribution in [3.8, 4) is 11.1 Å². The molecule has 1 amide bonds. The van der Waals surface area contributed by atoms with Gasteiger partial charge in [-0.3, -0.25) is 9.59 Å². The number of carbonyl (C=O) groups excluding carboxylic acids is 1. The normalized spacial score (nSPS) is 12.5. The van der Waals surface area contributed by atoms with Crippen LogP contribution in [0.25, 0.3) is 17.2 Å². The summed E-state index contributed by atoms with van der Waals surface area (Å²) in [5.41, 5.74) is 4.56. The van der Waals surface area contributed by atoms with Gasteiger partial charge >= 0.3 is 0 Å². The molecule has 1 heterocycles. The third kappa shape index (κ3) is 3.29. The minimum atomic E-state index is -0.0236. The van der Waals surface area contributed by atoms with Gasteiger partial charge in [-0.1, -0.05) is 38.1 Å². The van der Waals surface area contributed by atoms with Crippen LogP contribution in [0.4, 0.5) is 0 Å². The number of hydrogen-bond donors (Lipinski definition) is 0. The summed E-state index contributed by atoms with van der Waals surface area (Å²) in [4.78, 5) is 26.6. The summed E-state index contributed by atoms with van der Waals surface area (Å²) in [6, 6.07) is 7.63. The lowest BCUT2D eigenvalue weighted by molar-refractivity contribution is 0.0827. The smallest absolute Gasteiger partial charge is 0.254 e. The number of nitrogens with zero attached hydrogens (tertiary/aromatic N) is 2. The molecule has 0 aliphatic heterocycles. The lowest BCUT2D eigenvalue weighted by atomic mass is 9.97. The molecule has 2 aromatic rings. The van der Waals surface area contributed by atoms with Gasteiger partial charge in [-0.05, 0) is 35.6 Å². The third-order valence-corrected chi connectivity index (χ3v) is 4.41. The molecule has 0 bridgehead atoms. The van der Waals surface area contributed by atoms with Crippen molar-refractivity contribution >= 4 is 12.0 Å². The van der Waals surface area contributed by atoms with E-state index in [0.29, 0.717) is 24.4 Å². The van der Waals surface area contributed by atoms with Crippen LogP contribution < -0.4 is 5.56 Å². The summed E-state index contributed by atoms with van der Waals surface area (Å²) in [6.07, 6.45) is 6.67. The molecule has 0 saturated heterocycles. The Bertz CT molecular complexity index is 905. The first-order chi connectivity index (χ1) is 11.9. The van der Waals surface area contributed by atoms with Crippen molar-refractivity contribution in [1.82, 2.24) is 9.47 Å². The van der Waals surface area contributed by atoms with Crippen LogP contribution in [-0.4, -0.2) is 29.5 Å². The van der Waals surface area contributed by atoms with Crippen molar-refractivity contribution in [3.63, 3.8) is 0 Å². The van der Waals surface area contributed by atoms with Gasteiger partial charge in [-0.25, -0.2) is 0 Å². The zero-order chi connectivity index (χ0) is 18.1. The molecule has 0 fully saturated rings. The first-order valence-electron chi connectivity index (χ1n) is 8.63. The Balaban J connectivity index is 2.16. The quantitative estimate of drug-likeness (QED) is 0.858. The summed E-state index contributed by atoms with van der Waals surface area (Å²) >= 11 is 0. The average molecular weight is 336 g/mol. The highest BCUT2D eigenvalue weighted by atomic mass is 16.2. The van der Waals surface area contributed by atoms with Crippen molar-refractivity contribution in [2.24, 2.45) is 5.92 Å². The Kier molecular flexibility index (Phi) is 4.62. The van der Waals surface area contributed by atoms with Gasteiger partial charge in [0.05, 0.1) is 0 Å². The van der Waals surface area contributed by atoms with Gasteiger partial charge in [0.25, 0.3) is 11.5 Å². The molecule has 3 rings (SSSR count). The maximum absolute atomic E-state index is 12.7. The molecular weight excluding hydrogens is 312 g/mol. The first kappa shape index (κ1) is 17.2. The number of aromatic nitrogens is 1. The molecule has 0 atom stereocenters. The fourth-order valence-electron chi connectivity index (χ4n) is 3.25. The molecule has 1 aromatic heterocycles. The summed E-state index contributed by atoms with van der Waals surface area (Å²) in [5, 5.41) is 0. The number of rotatable bonds is 4. The van der Waals surface area contributed by atoms with E-state index in [2.05, 4.69) is 13.8 Å². The fraction of sp³-hybridized carbons (Fsp3) is 0.333. The van der Waals surface area contributed by atoms with E-state index >= 15 is 0 Å². The van der Waals surface area contributed by atoms with E-state index < -0.39 is 0 Å². The predicted molar refractivity (Wildman–Crippen MR) is 102 cm³/mol. The van der Waals surface area contributed by atoms with Gasteiger partial charge in [0.15, 0.2) is 0 Å². The molecule has 0 spiro atoms. The molecule has 0 radical (unpaired) electrons. The van der Waals surface area contributed by atoms with Crippen molar-refractivity contribution < 1.29 is 4.79 Å². The summed E-state index contributed by atoms with van der Waals surface area (Å²) in [6.45, 7) is 4.90. The number of carbonyl (C=O) groups is 1. The second-order valence-corrected chi connectivity index (χ2v) is 7.17. The second-order valence-electron chi connectivity index (χ2n) is 7.17. The van der Waals surface area contributed by atoms with Crippen molar-refractivity contribution in [1.29, 1.82) is 0 Å². The Morgan fingerprint density at radius 1 is 1.28 bits per heavy atom. The van der Waals surface area contributed by atoms with Crippen LogP contribution in [0.1, 0.15) is 35.3 Å². The van der Waals surface area contributed by atoms with E-state index in [9.17, 15) is 9.59 Å². The first-order valence-corrected chi connectivity index (χ1v) is 8.63. The maximum atomic E-state index is 12.7. The van der Waals surface area contributed by atoms with E-state index in [1.807, 2.05) is 47.2 Å². The molecule has 4 heteroatoms. The molecule has 1 aliphatic carbocycles. The van der Waals surface area contributed by atoms with Crippen LogP contribution in [0, 0.1) is 5.92 Å². The van der Waals surface area contributed by atoms with Crippen molar-refractivity contribution in [2.45, 2.75) is 26.8 Å². The number of pyridine rings is 1. The third-order valence-electron chi connectivity index (χ3n) is 4.41. The van der Waals surface area contributed by atoms with Crippen LogP contribution in [0.3, 0.4) is 0 Å². The standard InChI is InChI=1S/C21H24N2O2/c1-14(2)12-23-13-19(17-9-6-10-18(17)21(23)25)15-7-5-8-16(11-15)20(24)22(3)4/h5-9,11,13-14H,10,12H2,1-4H3. The number of fused-ring (bicyclic) bond motifs is 1. The molecule has 25 heavy (non-hydrogen) atoms. The molecule has 0 N–H and O–H groups in total. The van der Waals surface area contributed by atoms with Gasteiger partial charge in [-0.2, -0.15) is 0 Å². The molecular formula is C21H24N2O2. The van der Waals surface area contributed by atoms with Crippen LogP contribution >= 0.6 is 0 Å². The predicted octanol–water partition coefficient (Wildman–Crippen LogP) is 3.44.